The molecule has 1 atom stereocenters. The molecule has 0 radical (unpaired) electrons. The summed E-state index contributed by atoms with van der Waals surface area (Å²) >= 11 is 3.57. The lowest BCUT2D eigenvalue weighted by Gasteiger charge is -2.30. The summed E-state index contributed by atoms with van der Waals surface area (Å²) in [6, 6.07) is 8.20. The van der Waals surface area contributed by atoms with Crippen LogP contribution in [0.25, 0.3) is 0 Å². The van der Waals surface area contributed by atoms with Crippen LogP contribution in [0, 0.1) is 0 Å². The highest BCUT2D eigenvalue weighted by molar-refractivity contribution is 9.10. The quantitative estimate of drug-likeness (QED) is 0.730. The number of benzene rings is 1. The third-order valence-corrected chi connectivity index (χ3v) is 4.17. The second-order valence-electron chi connectivity index (χ2n) is 5.03. The van der Waals surface area contributed by atoms with Gasteiger partial charge in [0.15, 0.2) is 0 Å². The molecule has 0 heterocycles. The van der Waals surface area contributed by atoms with Crippen LogP contribution in [0.1, 0.15) is 51.1 Å². The fourth-order valence-electron chi connectivity index (χ4n) is 2.32. The van der Waals surface area contributed by atoms with Gasteiger partial charge in [-0.2, -0.15) is 0 Å². The Morgan fingerprint density at radius 2 is 2.05 bits per heavy atom. The highest BCUT2D eigenvalue weighted by Crippen LogP contribution is 2.28. The highest BCUT2D eigenvalue weighted by atomic mass is 79.9. The van der Waals surface area contributed by atoms with Crippen LogP contribution in [0.3, 0.4) is 0 Å². The van der Waals surface area contributed by atoms with Gasteiger partial charge < -0.3 is 10.6 Å². The van der Waals surface area contributed by atoms with Gasteiger partial charge in [-0.3, -0.25) is 4.79 Å². The summed E-state index contributed by atoms with van der Waals surface area (Å²) in [4.78, 5) is 14.4. The van der Waals surface area contributed by atoms with E-state index in [4.69, 9.17) is 5.73 Å². The smallest absolute Gasteiger partial charge is 0.223 e. The fraction of sp³-hybridized carbons (Fsp3) is 0.562. The second-order valence-corrected chi connectivity index (χ2v) is 5.88. The molecular formula is C16H25BrN2O. The van der Waals surface area contributed by atoms with Crippen LogP contribution in [0.4, 0.5) is 0 Å². The third-order valence-electron chi connectivity index (χ3n) is 3.45. The normalized spacial score (nSPS) is 12.2. The molecule has 0 bridgehead atoms. The monoisotopic (exact) mass is 340 g/mol. The van der Waals surface area contributed by atoms with E-state index in [-0.39, 0.29) is 11.9 Å². The second kappa shape index (κ2) is 9.14. The summed E-state index contributed by atoms with van der Waals surface area (Å²) in [6.07, 6.45) is 3.34. The molecule has 1 aromatic rings. The first-order chi connectivity index (χ1) is 9.61. The zero-order valence-corrected chi connectivity index (χ0v) is 14.0. The molecule has 112 valence electrons. The number of nitrogens with zero attached hydrogens (tertiary/aromatic N) is 1. The van der Waals surface area contributed by atoms with Gasteiger partial charge in [0.2, 0.25) is 5.91 Å². The Balaban J connectivity index is 2.79. The topological polar surface area (TPSA) is 46.3 Å². The molecule has 4 heteroatoms. The van der Waals surface area contributed by atoms with Gasteiger partial charge in [-0.25, -0.2) is 0 Å². The number of rotatable bonds is 8. The maximum absolute atomic E-state index is 12.4. The van der Waals surface area contributed by atoms with E-state index in [1.165, 1.54) is 0 Å². The molecule has 0 saturated heterocycles. The van der Waals surface area contributed by atoms with Gasteiger partial charge in [0.25, 0.3) is 0 Å². The Bertz CT molecular complexity index is 423. The lowest BCUT2D eigenvalue weighted by atomic mass is 10.1. The largest absolute Gasteiger partial charge is 0.336 e. The Hall–Kier alpha value is -0.870. The van der Waals surface area contributed by atoms with Crippen molar-refractivity contribution in [1.82, 2.24) is 4.90 Å². The number of carbonyl (C=O) groups is 1. The van der Waals surface area contributed by atoms with E-state index >= 15 is 0 Å². The van der Waals surface area contributed by atoms with Gasteiger partial charge in [0.05, 0.1) is 6.04 Å². The summed E-state index contributed by atoms with van der Waals surface area (Å²) in [5.74, 6) is 0.226. The summed E-state index contributed by atoms with van der Waals surface area (Å²) in [5.41, 5.74) is 6.65. The van der Waals surface area contributed by atoms with Gasteiger partial charge in [0.1, 0.15) is 0 Å². The van der Waals surface area contributed by atoms with Gasteiger partial charge in [-0.15, -0.1) is 0 Å². The SMILES string of the molecule is CCCN(C(=O)CCCCN)C(C)c1ccccc1Br. The molecule has 3 nitrogen and oxygen atoms in total. The van der Waals surface area contributed by atoms with Crippen molar-refractivity contribution in [2.75, 3.05) is 13.1 Å². The molecule has 1 rings (SSSR count). The molecule has 2 N–H and O–H groups in total. The maximum atomic E-state index is 12.4. The number of hydrogen-bond acceptors (Lipinski definition) is 2. The third kappa shape index (κ3) is 4.91. The van der Waals surface area contributed by atoms with Crippen LogP contribution in [0.5, 0.6) is 0 Å². The highest BCUT2D eigenvalue weighted by Gasteiger charge is 2.21. The first kappa shape index (κ1) is 17.2. The average molecular weight is 341 g/mol. The molecule has 0 aliphatic rings. The van der Waals surface area contributed by atoms with Gasteiger partial charge in [-0.1, -0.05) is 41.1 Å². The van der Waals surface area contributed by atoms with Crippen molar-refractivity contribution in [2.24, 2.45) is 5.73 Å². The van der Waals surface area contributed by atoms with E-state index in [0.717, 1.165) is 35.8 Å². The van der Waals surface area contributed by atoms with Crippen molar-refractivity contribution in [3.63, 3.8) is 0 Å². The number of nitrogens with two attached hydrogens (primary N) is 1. The van der Waals surface area contributed by atoms with Gasteiger partial charge in [0, 0.05) is 17.4 Å². The van der Waals surface area contributed by atoms with Crippen LogP contribution in [-0.4, -0.2) is 23.9 Å². The predicted octanol–water partition coefficient (Wildman–Crippen LogP) is 3.88. The van der Waals surface area contributed by atoms with Crippen LogP contribution >= 0.6 is 15.9 Å². The summed E-state index contributed by atoms with van der Waals surface area (Å²) in [5, 5.41) is 0. The number of unbranched alkanes of at least 4 members (excludes halogenated alkanes) is 1. The van der Waals surface area contributed by atoms with E-state index in [2.05, 4.69) is 35.8 Å². The van der Waals surface area contributed by atoms with Gasteiger partial charge in [-0.05, 0) is 44.4 Å². The molecule has 20 heavy (non-hydrogen) atoms. The molecule has 1 aromatic carbocycles. The van der Waals surface area contributed by atoms with Crippen LogP contribution in [-0.2, 0) is 4.79 Å². The molecule has 0 spiro atoms. The average Bonchev–Trinajstić information content (AvgIpc) is 2.44. The minimum Gasteiger partial charge on any atom is -0.336 e. The summed E-state index contributed by atoms with van der Waals surface area (Å²) in [6.45, 7) is 5.65. The summed E-state index contributed by atoms with van der Waals surface area (Å²) < 4.78 is 1.06. The van der Waals surface area contributed by atoms with E-state index < -0.39 is 0 Å². The van der Waals surface area contributed by atoms with Crippen molar-refractivity contribution < 1.29 is 4.79 Å². The molecule has 0 aliphatic carbocycles. The lowest BCUT2D eigenvalue weighted by molar-refractivity contribution is -0.133. The van der Waals surface area contributed by atoms with E-state index in [1.807, 2.05) is 23.1 Å². The maximum Gasteiger partial charge on any atom is 0.223 e. The van der Waals surface area contributed by atoms with E-state index in [9.17, 15) is 4.79 Å². The van der Waals surface area contributed by atoms with Crippen LogP contribution in [0.2, 0.25) is 0 Å². The van der Waals surface area contributed by atoms with Crippen LogP contribution < -0.4 is 5.73 Å². The Morgan fingerprint density at radius 1 is 1.35 bits per heavy atom. The molecular weight excluding hydrogens is 316 g/mol. The minimum absolute atomic E-state index is 0.0934. The molecule has 0 aliphatic heterocycles. The van der Waals surface area contributed by atoms with Crippen molar-refractivity contribution in [3.8, 4) is 0 Å². The Labute approximate surface area is 130 Å². The van der Waals surface area contributed by atoms with E-state index in [1.54, 1.807) is 0 Å². The lowest BCUT2D eigenvalue weighted by Crippen LogP contribution is -2.34. The first-order valence-electron chi connectivity index (χ1n) is 7.35. The predicted molar refractivity (Wildman–Crippen MR) is 87.5 cm³/mol. The van der Waals surface area contributed by atoms with Gasteiger partial charge >= 0.3 is 0 Å². The van der Waals surface area contributed by atoms with Crippen molar-refractivity contribution in [3.05, 3.63) is 34.3 Å². The molecule has 1 unspecified atom stereocenters. The number of carbonyl (C=O) groups excluding carboxylic acids is 1. The Kier molecular flexibility index (Phi) is 7.85. The molecule has 1 amide bonds. The molecule has 0 fully saturated rings. The van der Waals surface area contributed by atoms with Crippen molar-refractivity contribution in [1.29, 1.82) is 0 Å². The number of halogens is 1. The first-order valence-corrected chi connectivity index (χ1v) is 8.15. The van der Waals surface area contributed by atoms with E-state index in [0.29, 0.717) is 13.0 Å². The molecule has 0 aromatic heterocycles. The Morgan fingerprint density at radius 3 is 2.65 bits per heavy atom. The standard InChI is InChI=1S/C16H25BrN2O/c1-3-12-19(16(20)10-6-7-11-18)13(2)14-8-4-5-9-15(14)17/h4-5,8-9,13H,3,6-7,10-12,18H2,1-2H3. The number of hydrogen-bond donors (Lipinski definition) is 1. The summed E-state index contributed by atoms with van der Waals surface area (Å²) in [7, 11) is 0. The zero-order valence-electron chi connectivity index (χ0n) is 12.4. The van der Waals surface area contributed by atoms with Crippen molar-refractivity contribution >= 4 is 21.8 Å². The fourth-order valence-corrected chi connectivity index (χ4v) is 2.94. The zero-order chi connectivity index (χ0) is 15.0. The minimum atomic E-state index is 0.0934. The van der Waals surface area contributed by atoms with Crippen molar-refractivity contribution in [2.45, 2.75) is 45.6 Å². The van der Waals surface area contributed by atoms with Crippen LogP contribution in [0.15, 0.2) is 28.7 Å². The molecule has 0 saturated carbocycles. The number of amides is 1.